The maximum absolute atomic E-state index is 5.70. The summed E-state index contributed by atoms with van der Waals surface area (Å²) in [4.78, 5) is 4.64. The van der Waals surface area contributed by atoms with Crippen LogP contribution in [0.4, 0.5) is 0 Å². The maximum atomic E-state index is 5.70. The van der Waals surface area contributed by atoms with Crippen LogP contribution in [0.3, 0.4) is 0 Å². The van der Waals surface area contributed by atoms with E-state index < -0.39 is 0 Å². The van der Waals surface area contributed by atoms with E-state index in [0.29, 0.717) is 5.89 Å². The van der Waals surface area contributed by atoms with Gasteiger partial charge in [-0.25, -0.2) is 9.67 Å². The molecule has 0 N–H and O–H groups in total. The monoisotopic (exact) mass is 318 g/mol. The van der Waals surface area contributed by atoms with Gasteiger partial charge in [0.25, 0.3) is 0 Å². The normalized spacial score (nSPS) is 11.5. The number of benzene rings is 2. The van der Waals surface area contributed by atoms with E-state index in [4.69, 9.17) is 4.42 Å². The highest BCUT2D eigenvalue weighted by Crippen LogP contribution is 2.28. The van der Waals surface area contributed by atoms with Crippen LogP contribution in [0.25, 0.3) is 33.7 Å². The van der Waals surface area contributed by atoms with Gasteiger partial charge in [0.1, 0.15) is 17.5 Å². The third kappa shape index (κ3) is 2.38. The lowest BCUT2D eigenvalue weighted by Gasteiger charge is -2.05. The minimum absolute atomic E-state index is 0.273. The molecular weight excluding hydrogens is 300 g/mol. The van der Waals surface area contributed by atoms with Crippen LogP contribution < -0.4 is 0 Å². The van der Waals surface area contributed by atoms with Crippen molar-refractivity contribution in [2.24, 2.45) is 0 Å². The van der Waals surface area contributed by atoms with Crippen molar-refractivity contribution in [2.45, 2.75) is 26.8 Å². The van der Waals surface area contributed by atoms with Gasteiger partial charge in [-0.1, -0.05) is 29.5 Å². The number of aryl methyl sites for hydroxylation is 1. The Bertz CT molecular complexity index is 1010. The first-order chi connectivity index (χ1) is 11.6. The molecule has 5 heteroatoms. The van der Waals surface area contributed by atoms with Crippen LogP contribution in [0.5, 0.6) is 0 Å². The third-order valence-electron chi connectivity index (χ3n) is 4.13. The summed E-state index contributed by atoms with van der Waals surface area (Å²) < 4.78 is 7.61. The first-order valence-electron chi connectivity index (χ1n) is 8.00. The minimum Gasteiger partial charge on any atom is -0.444 e. The second-order valence-electron chi connectivity index (χ2n) is 6.18. The fraction of sp³-hybridized carbons (Fsp3) is 0.211. The molecule has 4 aromatic rings. The minimum atomic E-state index is 0.273. The fourth-order valence-electron chi connectivity index (χ4n) is 2.85. The fourth-order valence-corrected chi connectivity index (χ4v) is 2.85. The summed E-state index contributed by atoms with van der Waals surface area (Å²) in [6, 6.07) is 14.4. The first-order valence-corrected chi connectivity index (χ1v) is 8.00. The number of nitrogens with zero attached hydrogens (tertiary/aromatic N) is 4. The quantitative estimate of drug-likeness (QED) is 0.552. The van der Waals surface area contributed by atoms with Crippen LogP contribution in [0, 0.1) is 6.92 Å². The van der Waals surface area contributed by atoms with Crippen LogP contribution in [-0.2, 0) is 0 Å². The van der Waals surface area contributed by atoms with Gasteiger partial charge in [0.05, 0.1) is 5.52 Å². The molecule has 24 heavy (non-hydrogen) atoms. The summed E-state index contributed by atoms with van der Waals surface area (Å²) in [5.41, 5.74) is 5.86. The Hall–Kier alpha value is -2.95. The Morgan fingerprint density at radius 2 is 1.92 bits per heavy atom. The molecule has 4 rings (SSSR count). The Kier molecular flexibility index (Phi) is 3.41. The van der Waals surface area contributed by atoms with E-state index in [-0.39, 0.29) is 6.04 Å². The highest BCUT2D eigenvalue weighted by molar-refractivity contribution is 5.80. The van der Waals surface area contributed by atoms with Crippen molar-refractivity contribution in [2.75, 3.05) is 0 Å². The van der Waals surface area contributed by atoms with Crippen molar-refractivity contribution in [1.82, 2.24) is 20.0 Å². The van der Waals surface area contributed by atoms with E-state index in [0.717, 1.165) is 27.9 Å². The summed E-state index contributed by atoms with van der Waals surface area (Å²) in [5.74, 6) is 0.592. The first kappa shape index (κ1) is 14.6. The lowest BCUT2D eigenvalue weighted by atomic mass is 10.1. The molecule has 5 nitrogen and oxygen atoms in total. The Morgan fingerprint density at radius 3 is 2.71 bits per heavy atom. The standard InChI is InChI=1S/C19H18N4O/c1-12(2)23-18-9-8-14(10-16(18)21-22-23)19-20-17(11-24-19)15-7-5-4-6-13(15)3/h4-12H,1-3H3. The van der Waals surface area contributed by atoms with Crippen LogP contribution >= 0.6 is 0 Å². The number of rotatable bonds is 3. The number of aromatic nitrogens is 4. The average molecular weight is 318 g/mol. The zero-order chi connectivity index (χ0) is 16.7. The second-order valence-corrected chi connectivity index (χ2v) is 6.18. The van der Waals surface area contributed by atoms with E-state index in [1.54, 1.807) is 6.26 Å². The van der Waals surface area contributed by atoms with Gasteiger partial charge in [-0.2, -0.15) is 0 Å². The molecule has 0 amide bonds. The van der Waals surface area contributed by atoms with Crippen molar-refractivity contribution >= 4 is 11.0 Å². The van der Waals surface area contributed by atoms with Crippen molar-refractivity contribution in [3.05, 3.63) is 54.3 Å². The number of hydrogen-bond donors (Lipinski definition) is 0. The third-order valence-corrected chi connectivity index (χ3v) is 4.13. The Labute approximate surface area is 139 Å². The van der Waals surface area contributed by atoms with Gasteiger partial charge >= 0.3 is 0 Å². The van der Waals surface area contributed by atoms with Crippen molar-refractivity contribution in [3.8, 4) is 22.7 Å². The Morgan fingerprint density at radius 1 is 1.08 bits per heavy atom. The van der Waals surface area contributed by atoms with Crippen molar-refractivity contribution in [1.29, 1.82) is 0 Å². The molecule has 2 aromatic carbocycles. The largest absolute Gasteiger partial charge is 0.444 e. The predicted molar refractivity (Wildman–Crippen MR) is 93.6 cm³/mol. The van der Waals surface area contributed by atoms with Gasteiger partial charge in [-0.05, 0) is 44.5 Å². The van der Waals surface area contributed by atoms with Crippen LogP contribution in [-0.4, -0.2) is 20.0 Å². The molecule has 0 bridgehead atoms. The molecule has 0 spiro atoms. The SMILES string of the molecule is Cc1ccccc1-c1coc(-c2ccc3c(c2)nnn3C(C)C)n1. The van der Waals surface area contributed by atoms with E-state index in [9.17, 15) is 0 Å². The van der Waals surface area contributed by atoms with Crippen molar-refractivity contribution in [3.63, 3.8) is 0 Å². The summed E-state index contributed by atoms with van der Waals surface area (Å²) in [6.07, 6.45) is 1.70. The van der Waals surface area contributed by atoms with Gasteiger partial charge < -0.3 is 4.42 Å². The highest BCUT2D eigenvalue weighted by Gasteiger charge is 2.13. The molecular formula is C19H18N4O. The van der Waals surface area contributed by atoms with Gasteiger partial charge in [0.2, 0.25) is 5.89 Å². The highest BCUT2D eigenvalue weighted by atomic mass is 16.3. The van der Waals surface area contributed by atoms with Crippen LogP contribution in [0.15, 0.2) is 53.1 Å². The van der Waals surface area contributed by atoms with Gasteiger partial charge in [0.15, 0.2) is 0 Å². The molecule has 0 fully saturated rings. The lowest BCUT2D eigenvalue weighted by molar-refractivity contribution is 0.530. The summed E-state index contributed by atoms with van der Waals surface area (Å²) >= 11 is 0. The number of oxazole rings is 1. The summed E-state index contributed by atoms with van der Waals surface area (Å²) in [7, 11) is 0. The topological polar surface area (TPSA) is 56.7 Å². The van der Waals surface area contributed by atoms with Gasteiger partial charge in [0, 0.05) is 17.2 Å². The summed E-state index contributed by atoms with van der Waals surface area (Å²) in [5, 5.41) is 8.46. The molecule has 0 aliphatic carbocycles. The van der Waals surface area contributed by atoms with E-state index in [1.807, 2.05) is 41.1 Å². The van der Waals surface area contributed by atoms with E-state index >= 15 is 0 Å². The molecule has 120 valence electrons. The van der Waals surface area contributed by atoms with Gasteiger partial charge in [-0.15, -0.1) is 5.10 Å². The molecule has 0 aliphatic heterocycles. The summed E-state index contributed by atoms with van der Waals surface area (Å²) in [6.45, 7) is 6.25. The van der Waals surface area contributed by atoms with Crippen LogP contribution in [0.2, 0.25) is 0 Å². The van der Waals surface area contributed by atoms with Crippen molar-refractivity contribution < 1.29 is 4.42 Å². The predicted octanol–water partition coefficient (Wildman–Crippen LogP) is 4.64. The molecule has 0 atom stereocenters. The number of hydrogen-bond acceptors (Lipinski definition) is 4. The lowest BCUT2D eigenvalue weighted by Crippen LogP contribution is -2.02. The van der Waals surface area contributed by atoms with Gasteiger partial charge in [-0.3, -0.25) is 0 Å². The molecule has 0 radical (unpaired) electrons. The molecule has 2 heterocycles. The molecule has 2 aromatic heterocycles. The molecule has 0 unspecified atom stereocenters. The second kappa shape index (κ2) is 5.60. The Balaban J connectivity index is 1.75. The molecule has 0 saturated carbocycles. The maximum Gasteiger partial charge on any atom is 0.226 e. The average Bonchev–Trinajstić information content (AvgIpc) is 3.21. The van der Waals surface area contributed by atoms with E-state index in [2.05, 4.69) is 42.1 Å². The molecule has 0 aliphatic rings. The zero-order valence-corrected chi connectivity index (χ0v) is 13.9. The number of fused-ring (bicyclic) bond motifs is 1. The smallest absolute Gasteiger partial charge is 0.226 e. The zero-order valence-electron chi connectivity index (χ0n) is 13.9. The van der Waals surface area contributed by atoms with E-state index in [1.165, 1.54) is 5.56 Å². The van der Waals surface area contributed by atoms with Crippen LogP contribution in [0.1, 0.15) is 25.5 Å². The molecule has 0 saturated heterocycles.